The minimum absolute atomic E-state index is 0.148. The Kier molecular flexibility index (Phi) is 2.61. The van der Waals surface area contributed by atoms with Crippen molar-refractivity contribution in [3.63, 3.8) is 0 Å². The maximum atomic E-state index is 5.86. The lowest BCUT2D eigenvalue weighted by atomic mass is 9.92. The van der Waals surface area contributed by atoms with Crippen LogP contribution in [0.15, 0.2) is 16.5 Å². The van der Waals surface area contributed by atoms with Crippen LogP contribution in [0.3, 0.4) is 0 Å². The van der Waals surface area contributed by atoms with Crippen LogP contribution in [0.1, 0.15) is 44.6 Å². The molecule has 2 rings (SSSR count). The summed E-state index contributed by atoms with van der Waals surface area (Å²) < 4.78 is 5.86. The Labute approximate surface area is 90.5 Å². The van der Waals surface area contributed by atoms with Crippen molar-refractivity contribution in [1.82, 2.24) is 0 Å². The molecule has 1 aromatic heterocycles. The molecule has 3 nitrogen and oxygen atoms in total. The highest BCUT2D eigenvalue weighted by atomic mass is 16.6. The van der Waals surface area contributed by atoms with E-state index < -0.39 is 0 Å². The molecule has 3 heteroatoms. The molecule has 1 aliphatic carbocycles. The van der Waals surface area contributed by atoms with Crippen molar-refractivity contribution in [2.75, 3.05) is 6.61 Å². The highest BCUT2D eigenvalue weighted by Gasteiger charge is 2.37. The molecule has 0 amide bonds. The van der Waals surface area contributed by atoms with Gasteiger partial charge in [0.15, 0.2) is 0 Å². The Balaban J connectivity index is 2.12. The summed E-state index contributed by atoms with van der Waals surface area (Å²) in [6.45, 7) is 6.86. The highest BCUT2D eigenvalue weighted by molar-refractivity contribution is 5.21. The number of furan rings is 1. The average Bonchev–Trinajstić information content (AvgIpc) is 2.70. The average molecular weight is 209 g/mol. The summed E-state index contributed by atoms with van der Waals surface area (Å²) in [4.78, 5) is 4.71. The van der Waals surface area contributed by atoms with Crippen molar-refractivity contribution < 1.29 is 9.25 Å². The van der Waals surface area contributed by atoms with E-state index in [4.69, 9.17) is 15.2 Å². The topological polar surface area (TPSA) is 48.4 Å². The number of rotatable bonds is 4. The number of nitrogens with two attached hydrogens (primary N) is 1. The minimum atomic E-state index is -0.148. The monoisotopic (exact) mass is 209 g/mol. The van der Waals surface area contributed by atoms with Crippen LogP contribution in [-0.4, -0.2) is 6.61 Å². The van der Waals surface area contributed by atoms with Crippen molar-refractivity contribution in [3.05, 3.63) is 23.7 Å². The van der Waals surface area contributed by atoms with Gasteiger partial charge in [0.2, 0.25) is 0 Å². The molecule has 2 N–H and O–H groups in total. The zero-order valence-corrected chi connectivity index (χ0v) is 9.62. The lowest BCUT2D eigenvalue weighted by Crippen LogP contribution is -2.25. The maximum absolute atomic E-state index is 5.86. The molecule has 0 spiro atoms. The summed E-state index contributed by atoms with van der Waals surface area (Å²) in [5.74, 6) is 8.59. The molecule has 1 aliphatic rings. The Morgan fingerprint density at radius 1 is 1.53 bits per heavy atom. The van der Waals surface area contributed by atoms with Gasteiger partial charge in [-0.3, -0.25) is 0 Å². The smallest absolute Gasteiger partial charge is 0.112 e. The third kappa shape index (κ3) is 2.08. The van der Waals surface area contributed by atoms with Crippen LogP contribution in [0, 0.1) is 5.92 Å². The molecular weight excluding hydrogens is 190 g/mol. The van der Waals surface area contributed by atoms with E-state index in [-0.39, 0.29) is 5.41 Å². The van der Waals surface area contributed by atoms with E-state index in [0.29, 0.717) is 12.5 Å². The molecule has 0 aliphatic heterocycles. The van der Waals surface area contributed by atoms with E-state index in [2.05, 4.69) is 26.8 Å². The fourth-order valence-electron chi connectivity index (χ4n) is 1.91. The predicted octanol–water partition coefficient (Wildman–Crippen LogP) is 2.57. The van der Waals surface area contributed by atoms with Gasteiger partial charge < -0.3 is 9.25 Å². The first-order chi connectivity index (χ1) is 7.04. The van der Waals surface area contributed by atoms with Gasteiger partial charge in [-0.2, -0.15) is 0 Å². The molecule has 0 aromatic carbocycles. The fraction of sp³-hybridized carbons (Fsp3) is 0.667. The summed E-state index contributed by atoms with van der Waals surface area (Å²) in [6, 6.07) is 4.13. The van der Waals surface area contributed by atoms with E-state index in [0.717, 1.165) is 17.4 Å². The second-order valence-corrected chi connectivity index (χ2v) is 5.22. The number of hydrogen-bond donors (Lipinski definition) is 1. The molecule has 0 saturated heterocycles. The van der Waals surface area contributed by atoms with Crippen molar-refractivity contribution in [2.24, 2.45) is 11.8 Å². The minimum Gasteiger partial charge on any atom is -0.465 e. The Hall–Kier alpha value is -0.800. The summed E-state index contributed by atoms with van der Waals surface area (Å²) in [5.41, 5.74) is -0.148. The van der Waals surface area contributed by atoms with Crippen LogP contribution in [0.2, 0.25) is 0 Å². The van der Waals surface area contributed by atoms with E-state index in [1.807, 2.05) is 6.07 Å². The van der Waals surface area contributed by atoms with Crippen molar-refractivity contribution in [2.45, 2.75) is 38.5 Å². The van der Waals surface area contributed by atoms with Crippen molar-refractivity contribution in [3.8, 4) is 0 Å². The second-order valence-electron chi connectivity index (χ2n) is 5.22. The molecule has 1 aromatic rings. The largest absolute Gasteiger partial charge is 0.465 e. The normalized spacial score (nSPS) is 25.6. The van der Waals surface area contributed by atoms with Gasteiger partial charge in [-0.15, -0.1) is 0 Å². The zero-order valence-electron chi connectivity index (χ0n) is 9.62. The summed E-state index contributed by atoms with van der Waals surface area (Å²) in [7, 11) is 0. The highest BCUT2D eigenvalue weighted by Crippen LogP contribution is 2.48. The lowest BCUT2D eigenvalue weighted by Gasteiger charge is -2.19. The third-order valence-corrected chi connectivity index (χ3v) is 3.21. The van der Waals surface area contributed by atoms with E-state index in [9.17, 15) is 0 Å². The summed E-state index contributed by atoms with van der Waals surface area (Å²) >= 11 is 0. The molecular formula is C12H19NO2. The molecule has 0 bridgehead atoms. The van der Waals surface area contributed by atoms with E-state index in [1.165, 1.54) is 6.42 Å². The van der Waals surface area contributed by atoms with Gasteiger partial charge in [-0.05, 0) is 24.5 Å². The Bertz CT molecular complexity index is 343. The van der Waals surface area contributed by atoms with Gasteiger partial charge in [0, 0.05) is 11.3 Å². The van der Waals surface area contributed by atoms with E-state index in [1.54, 1.807) is 0 Å². The van der Waals surface area contributed by atoms with Crippen LogP contribution in [0.5, 0.6) is 0 Å². The molecule has 2 unspecified atom stereocenters. The van der Waals surface area contributed by atoms with Gasteiger partial charge >= 0.3 is 0 Å². The first-order valence-corrected chi connectivity index (χ1v) is 5.46. The molecule has 84 valence electrons. The molecule has 1 fully saturated rings. The van der Waals surface area contributed by atoms with Crippen LogP contribution >= 0.6 is 0 Å². The quantitative estimate of drug-likeness (QED) is 0.775. The fourth-order valence-corrected chi connectivity index (χ4v) is 1.91. The number of hydrogen-bond acceptors (Lipinski definition) is 3. The molecule has 1 heterocycles. The van der Waals surface area contributed by atoms with Crippen LogP contribution in [0.4, 0.5) is 0 Å². The van der Waals surface area contributed by atoms with Crippen LogP contribution < -0.4 is 5.90 Å². The molecule has 15 heavy (non-hydrogen) atoms. The van der Waals surface area contributed by atoms with Gasteiger partial charge in [-0.1, -0.05) is 20.8 Å². The van der Waals surface area contributed by atoms with Crippen molar-refractivity contribution in [1.29, 1.82) is 0 Å². The summed E-state index contributed by atoms with van der Waals surface area (Å²) in [6.07, 6.45) is 1.25. The van der Waals surface area contributed by atoms with Crippen LogP contribution in [0.25, 0.3) is 0 Å². The SMILES string of the molecule is CC1CC1c1ccc(C(C)(C)CON)o1. The Morgan fingerprint density at radius 2 is 2.20 bits per heavy atom. The molecule has 1 saturated carbocycles. The lowest BCUT2D eigenvalue weighted by molar-refractivity contribution is 0.0873. The zero-order chi connectivity index (χ0) is 11.1. The van der Waals surface area contributed by atoms with Crippen LogP contribution in [-0.2, 0) is 10.3 Å². The summed E-state index contributed by atoms with van der Waals surface area (Å²) in [5, 5.41) is 0. The third-order valence-electron chi connectivity index (χ3n) is 3.21. The maximum Gasteiger partial charge on any atom is 0.112 e. The van der Waals surface area contributed by atoms with Gasteiger partial charge in [-0.25, -0.2) is 5.90 Å². The molecule has 2 atom stereocenters. The molecule has 0 radical (unpaired) electrons. The van der Waals surface area contributed by atoms with E-state index >= 15 is 0 Å². The predicted molar refractivity (Wildman–Crippen MR) is 58.4 cm³/mol. The standard InChI is InChI=1S/C12H19NO2/c1-8-6-9(8)10-4-5-11(15-10)12(2,3)7-14-13/h4-5,8-9H,6-7,13H2,1-3H3. The van der Waals surface area contributed by atoms with Crippen molar-refractivity contribution >= 4 is 0 Å². The van der Waals surface area contributed by atoms with Gasteiger partial charge in [0.25, 0.3) is 0 Å². The van der Waals surface area contributed by atoms with Gasteiger partial charge in [0.1, 0.15) is 11.5 Å². The van der Waals surface area contributed by atoms with Gasteiger partial charge in [0.05, 0.1) is 6.61 Å². The second kappa shape index (κ2) is 3.65. The Morgan fingerprint density at radius 3 is 2.73 bits per heavy atom. The first-order valence-electron chi connectivity index (χ1n) is 5.46. The first kappa shape index (κ1) is 10.7.